The number of methoxy groups -OCH3 is 1. The van der Waals surface area contributed by atoms with Crippen LogP contribution in [0.2, 0.25) is 0 Å². The van der Waals surface area contributed by atoms with E-state index in [0.717, 1.165) is 19.4 Å². The maximum Gasteiger partial charge on any atom is 0.322 e. The second-order valence-electron chi connectivity index (χ2n) is 6.15. The van der Waals surface area contributed by atoms with Gasteiger partial charge in [-0.05, 0) is 38.1 Å². The van der Waals surface area contributed by atoms with E-state index in [1.54, 1.807) is 30.2 Å². The molecule has 0 aliphatic carbocycles. The number of anilines is 1. The van der Waals surface area contributed by atoms with Crippen LogP contribution in [0.5, 0.6) is 5.75 Å². The molecule has 0 saturated carbocycles. The van der Waals surface area contributed by atoms with Crippen LogP contribution in [0.4, 0.5) is 10.5 Å². The van der Waals surface area contributed by atoms with E-state index in [0.29, 0.717) is 42.7 Å². The Morgan fingerprint density at radius 1 is 1.38 bits per heavy atom. The first kappa shape index (κ1) is 16.6. The summed E-state index contributed by atoms with van der Waals surface area (Å²) >= 11 is 0. The summed E-state index contributed by atoms with van der Waals surface area (Å²) in [4.78, 5) is 28.3. The summed E-state index contributed by atoms with van der Waals surface area (Å²) in [5.41, 5.74) is 1.22. The summed E-state index contributed by atoms with van der Waals surface area (Å²) in [6.45, 7) is 2.64. The summed E-state index contributed by atoms with van der Waals surface area (Å²) in [6, 6.07) is 5.46. The lowest BCUT2D eigenvalue weighted by Crippen LogP contribution is -2.47. The number of carbonyl (C=O) groups is 2. The normalized spacial score (nSPS) is 20.9. The first-order valence-corrected chi connectivity index (χ1v) is 8.34. The Bertz CT molecular complexity index is 634. The van der Waals surface area contributed by atoms with Crippen molar-refractivity contribution in [2.75, 3.05) is 45.2 Å². The molecule has 2 N–H and O–H groups in total. The number of rotatable bonds is 4. The molecular weight excluding hydrogens is 308 g/mol. The summed E-state index contributed by atoms with van der Waals surface area (Å²) in [5, 5.41) is 6.02. The van der Waals surface area contributed by atoms with E-state index in [9.17, 15) is 9.59 Å². The minimum absolute atomic E-state index is 0.00143. The summed E-state index contributed by atoms with van der Waals surface area (Å²) < 4.78 is 5.36. The van der Waals surface area contributed by atoms with Crippen molar-refractivity contribution in [3.05, 3.63) is 23.8 Å². The maximum atomic E-state index is 12.8. The first-order valence-electron chi connectivity index (χ1n) is 8.34. The first-order chi connectivity index (χ1) is 11.6. The van der Waals surface area contributed by atoms with Crippen LogP contribution in [0.15, 0.2) is 18.2 Å². The lowest BCUT2D eigenvalue weighted by Gasteiger charge is -2.32. The number of nitrogens with zero attached hydrogens (tertiary/aromatic N) is 2. The second-order valence-corrected chi connectivity index (χ2v) is 6.15. The number of ether oxygens (including phenoxy) is 1. The van der Waals surface area contributed by atoms with E-state index in [2.05, 4.69) is 10.6 Å². The van der Waals surface area contributed by atoms with Gasteiger partial charge in [0.05, 0.1) is 12.8 Å². The third kappa shape index (κ3) is 3.17. The molecule has 2 saturated heterocycles. The van der Waals surface area contributed by atoms with Gasteiger partial charge in [-0.3, -0.25) is 9.69 Å². The molecule has 24 heavy (non-hydrogen) atoms. The average molecular weight is 332 g/mol. The zero-order chi connectivity index (χ0) is 17.1. The third-order valence-corrected chi connectivity index (χ3v) is 4.69. The molecule has 1 aromatic carbocycles. The van der Waals surface area contributed by atoms with E-state index < -0.39 is 0 Å². The van der Waals surface area contributed by atoms with Crippen LogP contribution in [-0.4, -0.2) is 63.2 Å². The van der Waals surface area contributed by atoms with E-state index in [1.165, 1.54) is 0 Å². The van der Waals surface area contributed by atoms with Crippen LogP contribution in [-0.2, 0) is 0 Å². The topological polar surface area (TPSA) is 73.9 Å². The molecule has 1 atom stereocenters. The molecule has 2 heterocycles. The molecule has 7 nitrogen and oxygen atoms in total. The van der Waals surface area contributed by atoms with Gasteiger partial charge >= 0.3 is 6.03 Å². The van der Waals surface area contributed by atoms with E-state index in [4.69, 9.17) is 4.74 Å². The third-order valence-electron chi connectivity index (χ3n) is 4.69. The number of amides is 3. The van der Waals surface area contributed by atoms with Crippen LogP contribution in [0.3, 0.4) is 0 Å². The largest absolute Gasteiger partial charge is 0.495 e. The Kier molecular flexibility index (Phi) is 4.89. The number of piperidine rings is 1. The fraction of sp³-hybridized carbons (Fsp3) is 0.529. The number of urea groups is 1. The molecule has 1 aromatic rings. The fourth-order valence-electron chi connectivity index (χ4n) is 3.32. The van der Waals surface area contributed by atoms with Gasteiger partial charge in [0.1, 0.15) is 5.75 Å². The lowest BCUT2D eigenvalue weighted by atomic mass is 10.0. The number of carbonyl (C=O) groups excluding carboxylic acids is 2. The van der Waals surface area contributed by atoms with Crippen molar-refractivity contribution in [3.8, 4) is 5.75 Å². The Balaban J connectivity index is 1.85. The Labute approximate surface area is 141 Å². The molecule has 2 fully saturated rings. The predicted molar refractivity (Wildman–Crippen MR) is 91.7 cm³/mol. The molecule has 0 radical (unpaired) electrons. The van der Waals surface area contributed by atoms with Gasteiger partial charge in [-0.2, -0.15) is 0 Å². The van der Waals surface area contributed by atoms with Gasteiger partial charge < -0.3 is 20.3 Å². The van der Waals surface area contributed by atoms with E-state index >= 15 is 0 Å². The van der Waals surface area contributed by atoms with Crippen molar-refractivity contribution in [2.45, 2.75) is 18.9 Å². The minimum atomic E-state index is -0.161. The van der Waals surface area contributed by atoms with Gasteiger partial charge in [0.25, 0.3) is 5.91 Å². The van der Waals surface area contributed by atoms with Crippen LogP contribution in [0, 0.1) is 0 Å². The quantitative estimate of drug-likeness (QED) is 0.864. The zero-order valence-corrected chi connectivity index (χ0v) is 14.2. The lowest BCUT2D eigenvalue weighted by molar-refractivity contribution is 0.0698. The van der Waals surface area contributed by atoms with E-state index in [-0.39, 0.29) is 11.9 Å². The molecule has 0 spiro atoms. The van der Waals surface area contributed by atoms with Crippen molar-refractivity contribution >= 4 is 17.6 Å². The highest BCUT2D eigenvalue weighted by atomic mass is 16.5. The Hall–Kier alpha value is -2.28. The molecule has 3 amide bonds. The van der Waals surface area contributed by atoms with Gasteiger partial charge in [0.15, 0.2) is 0 Å². The molecular formula is C17H24N4O3. The van der Waals surface area contributed by atoms with Crippen LogP contribution in [0.25, 0.3) is 0 Å². The molecule has 0 aromatic heterocycles. The molecule has 7 heteroatoms. The standard InChI is InChI=1S/C17H24N4O3/c1-18-13-4-3-8-20(11-13)16(22)12-5-6-15(24-2)14(10-12)21-9-7-19-17(21)23/h5-6,10,13,18H,3-4,7-9,11H2,1-2H3,(H,19,23). The molecule has 1 unspecified atom stereocenters. The van der Waals surface area contributed by atoms with Crippen molar-refractivity contribution in [1.29, 1.82) is 0 Å². The van der Waals surface area contributed by atoms with Crippen molar-refractivity contribution in [2.24, 2.45) is 0 Å². The fourth-order valence-corrected chi connectivity index (χ4v) is 3.32. The van der Waals surface area contributed by atoms with Gasteiger partial charge in [0, 0.05) is 37.8 Å². The van der Waals surface area contributed by atoms with Crippen molar-refractivity contribution in [1.82, 2.24) is 15.5 Å². The summed E-state index contributed by atoms with van der Waals surface area (Å²) in [6.07, 6.45) is 2.08. The molecule has 0 bridgehead atoms. The van der Waals surface area contributed by atoms with Crippen LogP contribution >= 0.6 is 0 Å². The number of hydrogen-bond donors (Lipinski definition) is 2. The molecule has 2 aliphatic rings. The van der Waals surface area contributed by atoms with Gasteiger partial charge in [-0.1, -0.05) is 0 Å². The number of likely N-dealkylation sites (N-methyl/N-ethyl adjacent to an activating group) is 1. The highest BCUT2D eigenvalue weighted by Crippen LogP contribution is 2.31. The van der Waals surface area contributed by atoms with E-state index in [1.807, 2.05) is 11.9 Å². The van der Waals surface area contributed by atoms with Gasteiger partial charge in [-0.15, -0.1) is 0 Å². The maximum absolute atomic E-state index is 12.8. The highest BCUT2D eigenvalue weighted by molar-refractivity contribution is 6.00. The Morgan fingerprint density at radius 3 is 2.88 bits per heavy atom. The SMILES string of the molecule is CNC1CCCN(C(=O)c2ccc(OC)c(N3CCNC3=O)c2)C1. The number of hydrogen-bond acceptors (Lipinski definition) is 4. The predicted octanol–water partition coefficient (Wildman–Crippen LogP) is 1.05. The molecule has 130 valence electrons. The van der Waals surface area contributed by atoms with Gasteiger partial charge in [0.2, 0.25) is 0 Å². The van der Waals surface area contributed by atoms with Gasteiger partial charge in [-0.25, -0.2) is 4.79 Å². The summed E-state index contributed by atoms with van der Waals surface area (Å²) in [7, 11) is 3.49. The molecule has 2 aliphatic heterocycles. The average Bonchev–Trinajstić information content (AvgIpc) is 3.06. The Morgan fingerprint density at radius 2 is 2.21 bits per heavy atom. The second kappa shape index (κ2) is 7.09. The number of nitrogens with one attached hydrogen (secondary N) is 2. The number of likely N-dealkylation sites (tertiary alicyclic amines) is 1. The smallest absolute Gasteiger partial charge is 0.322 e. The minimum Gasteiger partial charge on any atom is -0.495 e. The van der Waals surface area contributed by atoms with Crippen molar-refractivity contribution in [3.63, 3.8) is 0 Å². The highest BCUT2D eigenvalue weighted by Gasteiger charge is 2.27. The molecule has 3 rings (SSSR count). The van der Waals surface area contributed by atoms with Crippen LogP contribution < -0.4 is 20.3 Å². The van der Waals surface area contributed by atoms with Crippen molar-refractivity contribution < 1.29 is 14.3 Å². The number of benzene rings is 1. The summed E-state index contributed by atoms with van der Waals surface area (Å²) in [5.74, 6) is 0.591. The zero-order valence-electron chi connectivity index (χ0n) is 14.2. The van der Waals surface area contributed by atoms with Crippen LogP contribution in [0.1, 0.15) is 23.2 Å². The monoisotopic (exact) mass is 332 g/mol.